The summed E-state index contributed by atoms with van der Waals surface area (Å²) in [5.41, 5.74) is 6.09. The summed E-state index contributed by atoms with van der Waals surface area (Å²) in [7, 11) is 0. The first-order valence-corrected chi connectivity index (χ1v) is 7.90. The van der Waals surface area contributed by atoms with Crippen LogP contribution in [-0.4, -0.2) is 19.8 Å². The number of hydrogen-bond donors (Lipinski definition) is 2. The molecule has 2 aromatic carbocycles. The number of nitrogens with zero attached hydrogens (tertiary/aromatic N) is 5. The second-order valence-corrected chi connectivity index (χ2v) is 5.61. The number of nitrogens with two attached hydrogens (primary N) is 1. The summed E-state index contributed by atoms with van der Waals surface area (Å²) < 4.78 is 1.33. The molecular formula is C19H12N6O3. The smallest absolute Gasteiger partial charge is 0.311 e. The van der Waals surface area contributed by atoms with E-state index in [1.165, 1.54) is 22.9 Å². The van der Waals surface area contributed by atoms with Gasteiger partial charge in [-0.3, -0.25) is 10.1 Å². The summed E-state index contributed by atoms with van der Waals surface area (Å²) in [5.74, 6) is -0.540. The predicted molar refractivity (Wildman–Crippen MR) is 101 cm³/mol. The number of nitriles is 2. The van der Waals surface area contributed by atoms with E-state index < -0.39 is 16.4 Å². The van der Waals surface area contributed by atoms with Gasteiger partial charge in [0.15, 0.2) is 0 Å². The summed E-state index contributed by atoms with van der Waals surface area (Å²) in [5, 5.41) is 44.4. The molecule has 9 nitrogen and oxygen atoms in total. The van der Waals surface area contributed by atoms with Crippen molar-refractivity contribution in [3.05, 3.63) is 75.5 Å². The molecule has 28 heavy (non-hydrogen) atoms. The molecule has 0 aliphatic rings. The third-order valence-electron chi connectivity index (χ3n) is 3.95. The first-order valence-electron chi connectivity index (χ1n) is 7.90. The Labute approximate surface area is 158 Å². The molecule has 9 heteroatoms. The molecule has 0 unspecified atom stereocenters. The highest BCUT2D eigenvalue weighted by molar-refractivity contribution is 5.92. The molecule has 3 N–H and O–H groups in total. The Balaban J connectivity index is 2.19. The predicted octanol–water partition coefficient (Wildman–Crippen LogP) is 3.00. The normalized spacial score (nSPS) is 10.9. The van der Waals surface area contributed by atoms with Crippen molar-refractivity contribution in [2.75, 3.05) is 5.73 Å². The lowest BCUT2D eigenvalue weighted by molar-refractivity contribution is -0.385. The summed E-state index contributed by atoms with van der Waals surface area (Å²) in [6.07, 6.45) is 1.22. The van der Waals surface area contributed by atoms with Gasteiger partial charge >= 0.3 is 5.69 Å². The lowest BCUT2D eigenvalue weighted by atomic mass is 10.0. The summed E-state index contributed by atoms with van der Waals surface area (Å²) in [6.45, 7) is 0. The van der Waals surface area contributed by atoms with Crippen molar-refractivity contribution < 1.29 is 10.0 Å². The standard InChI is InChI=1S/C19H12N6O3/c20-10-13(9-12-5-4-8-16(18(12)26)25(27)28)17-15(11-21)19(22)24(23-17)14-6-2-1-3-7-14/h1-9,26H,22H2/b13-9+. The van der Waals surface area contributed by atoms with E-state index in [1.54, 1.807) is 30.3 Å². The molecule has 1 aromatic heterocycles. The van der Waals surface area contributed by atoms with Gasteiger partial charge in [0.1, 0.15) is 29.2 Å². The topological polar surface area (TPSA) is 155 Å². The minimum absolute atomic E-state index is 0.0114. The van der Waals surface area contributed by atoms with Crippen LogP contribution in [0.1, 0.15) is 16.8 Å². The molecule has 3 aromatic rings. The van der Waals surface area contributed by atoms with Crippen molar-refractivity contribution in [1.82, 2.24) is 9.78 Å². The van der Waals surface area contributed by atoms with Crippen LogP contribution in [0.15, 0.2) is 48.5 Å². The molecule has 136 valence electrons. The number of aromatic nitrogens is 2. The van der Waals surface area contributed by atoms with Crippen molar-refractivity contribution in [1.29, 1.82) is 10.5 Å². The number of hydrogen-bond acceptors (Lipinski definition) is 7. The third kappa shape index (κ3) is 3.11. The number of phenols is 1. The van der Waals surface area contributed by atoms with E-state index in [-0.39, 0.29) is 28.2 Å². The van der Waals surface area contributed by atoms with Gasteiger partial charge in [0.2, 0.25) is 5.75 Å². The first-order chi connectivity index (χ1) is 13.5. The van der Waals surface area contributed by atoms with Crippen molar-refractivity contribution in [2.45, 2.75) is 0 Å². The molecule has 1 heterocycles. The lowest BCUT2D eigenvalue weighted by Gasteiger charge is -2.02. The van der Waals surface area contributed by atoms with Gasteiger partial charge in [-0.05, 0) is 18.2 Å². The fourth-order valence-electron chi connectivity index (χ4n) is 2.62. The van der Waals surface area contributed by atoms with E-state index in [9.17, 15) is 25.7 Å². The SMILES string of the molecule is N#C/C(=C\c1cccc([N+](=O)[O-])c1O)c1nn(-c2ccccc2)c(N)c1C#N. The molecule has 0 radical (unpaired) electrons. The summed E-state index contributed by atoms with van der Waals surface area (Å²) in [4.78, 5) is 10.3. The number of anilines is 1. The van der Waals surface area contributed by atoms with Crippen LogP contribution in [0.25, 0.3) is 17.3 Å². The van der Waals surface area contributed by atoms with Crippen molar-refractivity contribution in [3.8, 4) is 23.6 Å². The Hall–Kier alpha value is -4.63. The Morgan fingerprint density at radius 1 is 1.21 bits per heavy atom. The summed E-state index contributed by atoms with van der Waals surface area (Å²) >= 11 is 0. The molecule has 0 saturated heterocycles. The molecule has 0 amide bonds. The molecule has 0 atom stereocenters. The third-order valence-corrected chi connectivity index (χ3v) is 3.95. The lowest BCUT2D eigenvalue weighted by Crippen LogP contribution is -2.02. The van der Waals surface area contributed by atoms with Gasteiger partial charge in [-0.15, -0.1) is 0 Å². The van der Waals surface area contributed by atoms with Crippen LogP contribution in [0, 0.1) is 32.8 Å². The second kappa shape index (κ2) is 7.32. The van der Waals surface area contributed by atoms with Gasteiger partial charge in [0, 0.05) is 11.6 Å². The van der Waals surface area contributed by atoms with Crippen molar-refractivity contribution >= 4 is 23.2 Å². The zero-order valence-electron chi connectivity index (χ0n) is 14.3. The van der Waals surface area contributed by atoms with Gasteiger partial charge in [-0.1, -0.05) is 30.3 Å². The maximum atomic E-state index is 11.0. The van der Waals surface area contributed by atoms with Crippen LogP contribution in [-0.2, 0) is 0 Å². The Morgan fingerprint density at radius 2 is 1.93 bits per heavy atom. The average Bonchev–Trinajstić information content (AvgIpc) is 3.03. The Bertz CT molecular complexity index is 1180. The molecule has 0 bridgehead atoms. The number of benzene rings is 2. The Morgan fingerprint density at radius 3 is 2.54 bits per heavy atom. The maximum absolute atomic E-state index is 11.0. The molecule has 0 spiro atoms. The van der Waals surface area contributed by atoms with Gasteiger partial charge in [-0.2, -0.15) is 15.6 Å². The maximum Gasteiger partial charge on any atom is 0.311 e. The van der Waals surface area contributed by atoms with Gasteiger partial charge in [0.25, 0.3) is 0 Å². The number of rotatable bonds is 4. The number of nitro groups is 1. The zero-order valence-corrected chi connectivity index (χ0v) is 14.3. The fourth-order valence-corrected chi connectivity index (χ4v) is 2.62. The number of para-hydroxylation sites is 2. The van der Waals surface area contributed by atoms with E-state index in [2.05, 4.69) is 5.10 Å². The molecule has 0 aliphatic carbocycles. The van der Waals surface area contributed by atoms with Crippen LogP contribution >= 0.6 is 0 Å². The van der Waals surface area contributed by atoms with Gasteiger partial charge in [0.05, 0.1) is 16.2 Å². The van der Waals surface area contributed by atoms with Crippen LogP contribution in [0.2, 0.25) is 0 Å². The van der Waals surface area contributed by atoms with E-state index >= 15 is 0 Å². The quantitative estimate of drug-likeness (QED) is 0.405. The van der Waals surface area contributed by atoms with Crippen LogP contribution in [0.5, 0.6) is 5.75 Å². The van der Waals surface area contributed by atoms with E-state index in [0.29, 0.717) is 5.69 Å². The molecule has 0 saturated carbocycles. The number of phenolic OH excluding ortho intramolecular Hbond substituents is 1. The Kier molecular flexibility index (Phi) is 4.75. The molecule has 0 fully saturated rings. The molecule has 0 aliphatic heterocycles. The van der Waals surface area contributed by atoms with Gasteiger partial charge in [-0.25, -0.2) is 4.68 Å². The zero-order chi connectivity index (χ0) is 20.3. The average molecular weight is 372 g/mol. The van der Waals surface area contributed by atoms with Crippen molar-refractivity contribution in [3.63, 3.8) is 0 Å². The number of allylic oxidation sites excluding steroid dienone is 1. The number of nitrogen functional groups attached to an aromatic ring is 1. The largest absolute Gasteiger partial charge is 0.502 e. The van der Waals surface area contributed by atoms with E-state index in [0.717, 1.165) is 6.07 Å². The highest BCUT2D eigenvalue weighted by atomic mass is 16.6. The monoisotopic (exact) mass is 372 g/mol. The molecule has 3 rings (SSSR count). The van der Waals surface area contributed by atoms with E-state index in [4.69, 9.17) is 5.73 Å². The number of aromatic hydroxyl groups is 1. The van der Waals surface area contributed by atoms with Crippen molar-refractivity contribution in [2.24, 2.45) is 0 Å². The minimum atomic E-state index is -0.735. The highest BCUT2D eigenvalue weighted by Gasteiger charge is 2.21. The second-order valence-electron chi connectivity index (χ2n) is 5.61. The van der Waals surface area contributed by atoms with E-state index in [1.807, 2.05) is 12.1 Å². The van der Waals surface area contributed by atoms with Gasteiger partial charge < -0.3 is 10.8 Å². The summed E-state index contributed by atoms with van der Waals surface area (Å²) in [6, 6.07) is 16.6. The minimum Gasteiger partial charge on any atom is -0.502 e. The molecular weight excluding hydrogens is 360 g/mol. The first kappa shape index (κ1) is 18.2. The van der Waals surface area contributed by atoms with Crippen LogP contribution in [0.4, 0.5) is 11.5 Å². The van der Waals surface area contributed by atoms with Crippen LogP contribution in [0.3, 0.4) is 0 Å². The number of nitro benzene ring substituents is 1. The highest BCUT2D eigenvalue weighted by Crippen LogP contribution is 2.33. The fraction of sp³-hybridized carbons (Fsp3) is 0. The van der Waals surface area contributed by atoms with Crippen LogP contribution < -0.4 is 5.73 Å².